The molecule has 6 nitrogen and oxygen atoms in total. The first-order chi connectivity index (χ1) is 10.5. The average Bonchev–Trinajstić information content (AvgIpc) is 2.53. The van der Waals surface area contributed by atoms with Gasteiger partial charge in [0.2, 0.25) is 0 Å². The van der Waals surface area contributed by atoms with Gasteiger partial charge in [-0.25, -0.2) is 4.79 Å². The maximum Gasteiger partial charge on any atom is 0.341 e. The number of ketones is 1. The highest BCUT2D eigenvalue weighted by molar-refractivity contribution is 6.10. The van der Waals surface area contributed by atoms with E-state index in [9.17, 15) is 14.4 Å². The lowest BCUT2D eigenvalue weighted by molar-refractivity contribution is 0.0695. The second-order valence-electron chi connectivity index (χ2n) is 4.62. The quantitative estimate of drug-likeness (QED) is 0.822. The van der Waals surface area contributed by atoms with Crippen molar-refractivity contribution in [1.82, 2.24) is 4.98 Å². The van der Waals surface area contributed by atoms with Gasteiger partial charge in [0.15, 0.2) is 5.78 Å². The van der Waals surface area contributed by atoms with Crippen LogP contribution in [-0.2, 0) is 6.42 Å². The third-order valence-corrected chi connectivity index (χ3v) is 3.30. The van der Waals surface area contributed by atoms with Crippen molar-refractivity contribution in [1.29, 1.82) is 0 Å². The van der Waals surface area contributed by atoms with Crippen molar-refractivity contribution in [2.75, 3.05) is 7.11 Å². The Hall–Kier alpha value is -2.89. The van der Waals surface area contributed by atoms with E-state index in [2.05, 4.69) is 4.98 Å². The molecule has 1 aromatic heterocycles. The molecule has 2 N–H and O–H groups in total. The summed E-state index contributed by atoms with van der Waals surface area (Å²) < 4.78 is 5.03. The first kappa shape index (κ1) is 15.5. The first-order valence-electron chi connectivity index (χ1n) is 6.66. The minimum absolute atomic E-state index is 0.185. The number of hydrogen-bond donors (Lipinski definition) is 2. The van der Waals surface area contributed by atoms with E-state index in [1.165, 1.54) is 7.11 Å². The molecule has 2 aromatic rings. The van der Waals surface area contributed by atoms with Gasteiger partial charge in [0, 0.05) is 16.8 Å². The first-order valence-corrected chi connectivity index (χ1v) is 6.66. The van der Waals surface area contributed by atoms with Gasteiger partial charge in [-0.2, -0.15) is 0 Å². The number of hydrogen-bond acceptors (Lipinski definition) is 4. The average molecular weight is 301 g/mol. The summed E-state index contributed by atoms with van der Waals surface area (Å²) >= 11 is 0. The lowest BCUT2D eigenvalue weighted by Crippen LogP contribution is -2.22. The standard InChI is InChI=1S/C16H15NO5/c1-3-13-11(8-12(16(20)21)15(19)17-13)14(18)9-4-6-10(22-2)7-5-9/h4-8H,3H2,1-2H3,(H,17,19)(H,20,21). The largest absolute Gasteiger partial charge is 0.497 e. The Labute approximate surface area is 126 Å². The summed E-state index contributed by atoms with van der Waals surface area (Å²) in [4.78, 5) is 37.8. The van der Waals surface area contributed by atoms with Crippen LogP contribution >= 0.6 is 0 Å². The molecule has 22 heavy (non-hydrogen) atoms. The molecule has 0 unspecified atom stereocenters. The smallest absolute Gasteiger partial charge is 0.341 e. The molecule has 1 heterocycles. The van der Waals surface area contributed by atoms with Crippen LogP contribution in [-0.4, -0.2) is 29.0 Å². The molecule has 1 aromatic carbocycles. The number of rotatable bonds is 5. The Bertz CT molecular complexity index is 774. The van der Waals surface area contributed by atoms with E-state index in [-0.39, 0.29) is 11.3 Å². The minimum atomic E-state index is -1.37. The van der Waals surface area contributed by atoms with Crippen LogP contribution in [0.15, 0.2) is 35.1 Å². The van der Waals surface area contributed by atoms with Gasteiger partial charge in [0.1, 0.15) is 11.3 Å². The highest BCUT2D eigenvalue weighted by Crippen LogP contribution is 2.17. The number of H-pyrrole nitrogens is 1. The maximum absolute atomic E-state index is 12.6. The molecule has 0 radical (unpaired) electrons. The molecule has 0 aliphatic carbocycles. The van der Waals surface area contributed by atoms with E-state index >= 15 is 0 Å². The molecule has 6 heteroatoms. The van der Waals surface area contributed by atoms with Crippen molar-refractivity contribution in [3.63, 3.8) is 0 Å². The number of aromatic nitrogens is 1. The lowest BCUT2D eigenvalue weighted by Gasteiger charge is -2.08. The molecule has 0 spiro atoms. The summed E-state index contributed by atoms with van der Waals surface area (Å²) in [6, 6.07) is 7.59. The summed E-state index contributed by atoms with van der Waals surface area (Å²) in [6.45, 7) is 1.77. The summed E-state index contributed by atoms with van der Waals surface area (Å²) in [7, 11) is 1.52. The molecule has 114 valence electrons. The number of aromatic amines is 1. The molecule has 0 aliphatic heterocycles. The molecule has 0 saturated heterocycles. The van der Waals surface area contributed by atoms with Gasteiger partial charge >= 0.3 is 5.97 Å². The number of carboxylic acids is 1. The number of carbonyl (C=O) groups is 2. The van der Waals surface area contributed by atoms with Gasteiger partial charge in [-0.05, 0) is 36.8 Å². The van der Waals surface area contributed by atoms with Gasteiger partial charge in [0.25, 0.3) is 5.56 Å². The number of methoxy groups -OCH3 is 1. The van der Waals surface area contributed by atoms with Gasteiger partial charge in [0.05, 0.1) is 7.11 Å². The monoisotopic (exact) mass is 301 g/mol. The van der Waals surface area contributed by atoms with Gasteiger partial charge < -0.3 is 14.8 Å². The maximum atomic E-state index is 12.6. The predicted octanol–water partition coefficient (Wildman–Crippen LogP) is 1.88. The Morgan fingerprint density at radius 3 is 2.32 bits per heavy atom. The zero-order chi connectivity index (χ0) is 16.3. The van der Waals surface area contributed by atoms with Crippen molar-refractivity contribution < 1.29 is 19.4 Å². The zero-order valence-electron chi connectivity index (χ0n) is 12.2. The van der Waals surface area contributed by atoms with Crippen LogP contribution < -0.4 is 10.3 Å². The molecule has 0 bridgehead atoms. The Balaban J connectivity index is 2.53. The number of carbonyl (C=O) groups excluding carboxylic acids is 1. The predicted molar refractivity (Wildman–Crippen MR) is 79.8 cm³/mol. The Morgan fingerprint density at radius 2 is 1.82 bits per heavy atom. The number of pyridine rings is 1. The normalized spacial score (nSPS) is 10.3. The zero-order valence-corrected chi connectivity index (χ0v) is 12.2. The van der Waals surface area contributed by atoms with E-state index in [1.54, 1.807) is 31.2 Å². The Morgan fingerprint density at radius 1 is 1.18 bits per heavy atom. The topological polar surface area (TPSA) is 96.5 Å². The second-order valence-corrected chi connectivity index (χ2v) is 4.62. The fourth-order valence-electron chi connectivity index (χ4n) is 2.11. The number of carboxylic acid groups (broad SMARTS) is 1. The number of aryl methyl sites for hydroxylation is 1. The molecule has 0 fully saturated rings. The van der Waals surface area contributed by atoms with Crippen molar-refractivity contribution >= 4 is 11.8 Å². The number of aromatic carboxylic acids is 1. The van der Waals surface area contributed by atoms with Crippen molar-refractivity contribution in [3.8, 4) is 5.75 Å². The highest BCUT2D eigenvalue weighted by Gasteiger charge is 2.19. The third-order valence-electron chi connectivity index (χ3n) is 3.30. The van der Waals surface area contributed by atoms with E-state index in [0.29, 0.717) is 23.4 Å². The van der Waals surface area contributed by atoms with Gasteiger partial charge in [-0.1, -0.05) is 6.92 Å². The van der Waals surface area contributed by atoms with Crippen LogP contribution in [0.3, 0.4) is 0 Å². The molecular weight excluding hydrogens is 286 g/mol. The fourth-order valence-corrected chi connectivity index (χ4v) is 2.11. The molecule has 0 atom stereocenters. The summed E-state index contributed by atoms with van der Waals surface area (Å²) in [5.41, 5.74) is -0.177. The van der Waals surface area contributed by atoms with Crippen LogP contribution in [0.5, 0.6) is 5.75 Å². The van der Waals surface area contributed by atoms with Crippen LogP contribution in [0.25, 0.3) is 0 Å². The number of nitrogens with one attached hydrogen (secondary N) is 1. The van der Waals surface area contributed by atoms with Crippen molar-refractivity contribution in [2.24, 2.45) is 0 Å². The van der Waals surface area contributed by atoms with E-state index in [1.807, 2.05) is 0 Å². The van der Waals surface area contributed by atoms with E-state index in [4.69, 9.17) is 9.84 Å². The van der Waals surface area contributed by atoms with Gasteiger partial charge in [-0.3, -0.25) is 9.59 Å². The summed E-state index contributed by atoms with van der Waals surface area (Å²) in [5.74, 6) is -1.11. The molecular formula is C16H15NO5. The van der Waals surface area contributed by atoms with Crippen molar-refractivity contribution in [3.05, 3.63) is 63.1 Å². The van der Waals surface area contributed by atoms with Crippen LogP contribution in [0.4, 0.5) is 0 Å². The second kappa shape index (κ2) is 6.26. The third kappa shape index (κ3) is 2.90. The number of benzene rings is 1. The van der Waals surface area contributed by atoms with Crippen LogP contribution in [0, 0.1) is 0 Å². The van der Waals surface area contributed by atoms with E-state index < -0.39 is 17.1 Å². The summed E-state index contributed by atoms with van der Waals surface area (Å²) in [6.07, 6.45) is 0.409. The van der Waals surface area contributed by atoms with E-state index in [0.717, 1.165) is 6.07 Å². The summed E-state index contributed by atoms with van der Waals surface area (Å²) in [5, 5.41) is 9.03. The number of ether oxygens (including phenoxy) is 1. The minimum Gasteiger partial charge on any atom is -0.497 e. The molecule has 0 saturated carbocycles. The van der Waals surface area contributed by atoms with Crippen LogP contribution in [0.2, 0.25) is 0 Å². The fraction of sp³-hybridized carbons (Fsp3) is 0.188. The Kier molecular flexibility index (Phi) is 4.41. The molecule has 0 aliphatic rings. The lowest BCUT2D eigenvalue weighted by atomic mass is 9.99. The highest BCUT2D eigenvalue weighted by atomic mass is 16.5. The molecule has 0 amide bonds. The molecule has 2 rings (SSSR count). The van der Waals surface area contributed by atoms with Crippen LogP contribution in [0.1, 0.15) is 38.9 Å². The SMILES string of the molecule is CCc1[nH]c(=O)c(C(=O)O)cc1C(=O)c1ccc(OC)cc1. The van der Waals surface area contributed by atoms with Gasteiger partial charge in [-0.15, -0.1) is 0 Å². The van der Waals surface area contributed by atoms with Crippen molar-refractivity contribution in [2.45, 2.75) is 13.3 Å².